The predicted octanol–water partition coefficient (Wildman–Crippen LogP) is 2.63. The summed E-state index contributed by atoms with van der Waals surface area (Å²) in [7, 11) is 0. The minimum atomic E-state index is -3.14. The van der Waals surface area contributed by atoms with E-state index in [1.165, 1.54) is 12.3 Å². The van der Waals surface area contributed by atoms with E-state index in [-0.39, 0.29) is 5.88 Å². The summed E-state index contributed by atoms with van der Waals surface area (Å²) in [6.45, 7) is -6.27. The number of hydrogen-bond acceptors (Lipinski definition) is 2. The van der Waals surface area contributed by atoms with Gasteiger partial charge in [0.25, 0.3) is 0 Å². The zero-order valence-electron chi connectivity index (χ0n) is 12.5. The SMILES string of the molecule is [2H]C([2H])([2H])C([2H])(Oc1cc(Br)ccn1)C([2H])([2H])[2H]. The van der Waals surface area contributed by atoms with Crippen LogP contribution in [0.15, 0.2) is 22.8 Å². The summed E-state index contributed by atoms with van der Waals surface area (Å²) in [5, 5.41) is 0. The molecule has 0 fully saturated rings. The van der Waals surface area contributed by atoms with E-state index in [0.717, 1.165) is 0 Å². The van der Waals surface area contributed by atoms with E-state index < -0.39 is 19.8 Å². The van der Waals surface area contributed by atoms with Crippen LogP contribution in [0, 0.1) is 0 Å². The molecule has 1 rings (SSSR count). The van der Waals surface area contributed by atoms with Crippen molar-refractivity contribution in [3.05, 3.63) is 22.8 Å². The first-order valence-corrected chi connectivity index (χ1v) is 3.57. The molecule has 0 amide bonds. The van der Waals surface area contributed by atoms with E-state index in [1.807, 2.05) is 0 Å². The van der Waals surface area contributed by atoms with Crippen LogP contribution in [0.4, 0.5) is 0 Å². The lowest BCUT2D eigenvalue weighted by Gasteiger charge is -2.07. The third-order valence-corrected chi connectivity index (χ3v) is 1.40. The lowest BCUT2D eigenvalue weighted by Crippen LogP contribution is -2.06. The third kappa shape index (κ3) is 2.89. The van der Waals surface area contributed by atoms with Crippen molar-refractivity contribution >= 4 is 15.9 Å². The van der Waals surface area contributed by atoms with E-state index >= 15 is 0 Å². The van der Waals surface area contributed by atoms with E-state index in [2.05, 4.69) is 20.9 Å². The fourth-order valence-electron chi connectivity index (χ4n) is 0.546. The molecule has 0 aliphatic carbocycles. The number of rotatable bonds is 2. The molecule has 2 nitrogen and oxygen atoms in total. The summed E-state index contributed by atoms with van der Waals surface area (Å²) in [6.07, 6.45) is -1.76. The van der Waals surface area contributed by atoms with Gasteiger partial charge in [-0.2, -0.15) is 0 Å². The molecular formula is C8H10BrNO. The fourth-order valence-corrected chi connectivity index (χ4v) is 0.860. The van der Waals surface area contributed by atoms with Gasteiger partial charge in [0.15, 0.2) is 0 Å². The Balaban J connectivity index is 3.16. The second kappa shape index (κ2) is 3.72. The Kier molecular flexibility index (Phi) is 1.03. The second-order valence-corrected chi connectivity index (χ2v) is 2.66. The minimum absolute atomic E-state index is 0.244. The Bertz CT molecular complexity index is 416. The Morgan fingerprint density at radius 2 is 2.64 bits per heavy atom. The van der Waals surface area contributed by atoms with Crippen molar-refractivity contribution in [1.82, 2.24) is 4.98 Å². The smallest absolute Gasteiger partial charge is 0.214 e. The quantitative estimate of drug-likeness (QED) is 0.768. The molecule has 1 aromatic rings. The van der Waals surface area contributed by atoms with Crippen molar-refractivity contribution < 1.29 is 14.3 Å². The maximum atomic E-state index is 7.63. The highest BCUT2D eigenvalue weighted by Crippen LogP contribution is 2.15. The van der Waals surface area contributed by atoms with Crippen LogP contribution in [-0.4, -0.2) is 11.1 Å². The van der Waals surface area contributed by atoms with Crippen molar-refractivity contribution in [3.63, 3.8) is 0 Å². The van der Waals surface area contributed by atoms with E-state index in [1.54, 1.807) is 6.07 Å². The van der Waals surface area contributed by atoms with Gasteiger partial charge >= 0.3 is 0 Å². The average molecular weight is 223 g/mol. The highest BCUT2D eigenvalue weighted by molar-refractivity contribution is 9.10. The number of nitrogens with zero attached hydrogens (tertiary/aromatic N) is 1. The molecule has 11 heavy (non-hydrogen) atoms. The summed E-state index contributed by atoms with van der Waals surface area (Å²) in [5.41, 5.74) is 0. The van der Waals surface area contributed by atoms with Crippen molar-refractivity contribution in [2.75, 3.05) is 0 Å². The largest absolute Gasteiger partial charge is 0.475 e. The first-order valence-electron chi connectivity index (χ1n) is 6.28. The Hall–Kier alpha value is -0.570. The van der Waals surface area contributed by atoms with Gasteiger partial charge in [0.1, 0.15) is 0 Å². The van der Waals surface area contributed by atoms with E-state index in [9.17, 15) is 0 Å². The van der Waals surface area contributed by atoms with Crippen molar-refractivity contribution in [2.45, 2.75) is 19.8 Å². The van der Waals surface area contributed by atoms with Gasteiger partial charge in [0.05, 0.1) is 7.45 Å². The zero-order valence-corrected chi connectivity index (χ0v) is 7.05. The van der Waals surface area contributed by atoms with Gasteiger partial charge in [-0.05, 0) is 19.8 Å². The van der Waals surface area contributed by atoms with Crippen LogP contribution in [0.1, 0.15) is 23.3 Å². The topological polar surface area (TPSA) is 22.1 Å². The van der Waals surface area contributed by atoms with E-state index in [0.29, 0.717) is 4.47 Å². The summed E-state index contributed by atoms with van der Waals surface area (Å²) in [6, 6.07) is 2.85. The van der Waals surface area contributed by atoms with E-state index in [4.69, 9.17) is 14.3 Å². The summed E-state index contributed by atoms with van der Waals surface area (Å²) in [4.78, 5) is 3.68. The Morgan fingerprint density at radius 1 is 1.82 bits per heavy atom. The first kappa shape index (κ1) is 3.05. The molecule has 0 radical (unpaired) electrons. The molecule has 1 aromatic heterocycles. The van der Waals surface area contributed by atoms with Crippen LogP contribution in [0.2, 0.25) is 0 Å². The summed E-state index contributed by atoms with van der Waals surface area (Å²) in [5.74, 6) is -0.244. The van der Waals surface area contributed by atoms with Crippen LogP contribution in [-0.2, 0) is 0 Å². The molecule has 3 heteroatoms. The maximum Gasteiger partial charge on any atom is 0.214 e. The molecule has 0 unspecified atom stereocenters. The standard InChI is InChI=1S/C8H10BrNO/c1-6(2)11-8-5-7(9)3-4-10-8/h3-6H,1-2H3/i1D3,2D3,6D. The fraction of sp³-hybridized carbons (Fsp3) is 0.375. The molecule has 1 heterocycles. The lowest BCUT2D eigenvalue weighted by atomic mass is 10.4. The summed E-state index contributed by atoms with van der Waals surface area (Å²) >= 11 is 3.11. The van der Waals surface area contributed by atoms with Crippen molar-refractivity contribution in [1.29, 1.82) is 0 Å². The third-order valence-electron chi connectivity index (χ3n) is 0.904. The molecule has 0 saturated heterocycles. The number of ether oxygens (including phenoxy) is 1. The van der Waals surface area contributed by atoms with Crippen molar-refractivity contribution in [3.8, 4) is 5.88 Å². The molecule has 60 valence electrons. The monoisotopic (exact) mass is 222 g/mol. The number of halogens is 1. The Morgan fingerprint density at radius 3 is 3.27 bits per heavy atom. The van der Waals surface area contributed by atoms with Gasteiger partial charge in [-0.1, -0.05) is 15.9 Å². The zero-order chi connectivity index (χ0) is 14.2. The van der Waals surface area contributed by atoms with Crippen LogP contribution in [0.5, 0.6) is 5.88 Å². The molecule has 0 bridgehead atoms. The first-order chi connectivity index (χ1) is 7.97. The van der Waals surface area contributed by atoms with Gasteiger partial charge in [0.2, 0.25) is 5.88 Å². The highest BCUT2D eigenvalue weighted by Gasteiger charge is 1.97. The molecule has 0 spiro atoms. The van der Waals surface area contributed by atoms with Crippen LogP contribution < -0.4 is 4.74 Å². The number of aromatic nitrogens is 1. The molecule has 0 aromatic carbocycles. The van der Waals surface area contributed by atoms with Crippen LogP contribution in [0.3, 0.4) is 0 Å². The van der Waals surface area contributed by atoms with Gasteiger partial charge in [0, 0.05) is 25.0 Å². The normalized spacial score (nSPS) is 22.8. The molecule has 0 atom stereocenters. The van der Waals surface area contributed by atoms with Gasteiger partial charge < -0.3 is 4.74 Å². The second-order valence-electron chi connectivity index (χ2n) is 1.74. The molecular weight excluding hydrogens is 206 g/mol. The number of pyridine rings is 1. The Labute approximate surface area is 84.6 Å². The molecule has 0 aliphatic rings. The minimum Gasteiger partial charge on any atom is -0.475 e. The average Bonchev–Trinajstić information content (AvgIpc) is 2.13. The maximum absolute atomic E-state index is 7.63. The van der Waals surface area contributed by atoms with Crippen LogP contribution >= 0.6 is 15.9 Å². The number of hydrogen-bond donors (Lipinski definition) is 0. The van der Waals surface area contributed by atoms with Gasteiger partial charge in [-0.25, -0.2) is 4.98 Å². The summed E-state index contributed by atoms with van der Waals surface area (Å²) < 4.78 is 56.0. The van der Waals surface area contributed by atoms with Crippen molar-refractivity contribution in [2.24, 2.45) is 0 Å². The van der Waals surface area contributed by atoms with Gasteiger partial charge in [-0.3, -0.25) is 0 Å². The molecule has 0 N–H and O–H groups in total. The molecule has 0 aliphatic heterocycles. The predicted molar refractivity (Wildman–Crippen MR) is 47.7 cm³/mol. The highest BCUT2D eigenvalue weighted by atomic mass is 79.9. The lowest BCUT2D eigenvalue weighted by molar-refractivity contribution is 0.232. The van der Waals surface area contributed by atoms with Crippen LogP contribution in [0.25, 0.3) is 0 Å². The molecule has 0 saturated carbocycles. The van der Waals surface area contributed by atoms with Gasteiger partial charge in [-0.15, -0.1) is 0 Å².